The van der Waals surface area contributed by atoms with Gasteiger partial charge in [0.2, 0.25) is 5.91 Å². The van der Waals surface area contributed by atoms with Crippen molar-refractivity contribution in [3.05, 3.63) is 23.8 Å². The molecular weight excluding hydrogens is 356 g/mol. The van der Waals surface area contributed by atoms with E-state index in [1.54, 1.807) is 25.3 Å². The van der Waals surface area contributed by atoms with Crippen LogP contribution in [-0.2, 0) is 4.79 Å². The highest BCUT2D eigenvalue weighted by molar-refractivity contribution is 5.98. The molecule has 1 aromatic carbocycles. The van der Waals surface area contributed by atoms with Crippen LogP contribution in [0.5, 0.6) is 11.5 Å². The standard InChI is InChI=1S/C22H28N2O4/c1-27-16-8-9-17-19(11-16)28-22(24-21(17)26)12-13-6-7-14(22)10-18(13)20(25)23-15-4-2-3-5-15/h8-9,11,13-15,18H,2-7,10,12H2,1H3,(H,23,25)(H,24,26)/t13-,14+,18-,22+/m0/s1. The number of rotatable bonds is 3. The third kappa shape index (κ3) is 2.85. The molecular formula is C22H28N2O4. The number of benzene rings is 1. The maximum absolute atomic E-state index is 12.9. The molecule has 1 spiro atoms. The van der Waals surface area contributed by atoms with Gasteiger partial charge in [-0.1, -0.05) is 12.8 Å². The van der Waals surface area contributed by atoms with Crippen LogP contribution in [0.2, 0.25) is 0 Å². The van der Waals surface area contributed by atoms with Crippen LogP contribution in [0.1, 0.15) is 61.7 Å². The largest absolute Gasteiger partial charge is 0.497 e. The molecule has 150 valence electrons. The Hall–Kier alpha value is -2.24. The lowest BCUT2D eigenvalue weighted by Gasteiger charge is -2.55. The summed E-state index contributed by atoms with van der Waals surface area (Å²) in [4.78, 5) is 25.7. The van der Waals surface area contributed by atoms with Gasteiger partial charge in [-0.25, -0.2) is 0 Å². The van der Waals surface area contributed by atoms with Gasteiger partial charge in [0.25, 0.3) is 5.91 Å². The summed E-state index contributed by atoms with van der Waals surface area (Å²) in [7, 11) is 1.61. The molecule has 4 saturated carbocycles. The van der Waals surface area contributed by atoms with Crippen LogP contribution in [0.15, 0.2) is 18.2 Å². The summed E-state index contributed by atoms with van der Waals surface area (Å²) in [6.45, 7) is 0. The third-order valence-corrected chi connectivity index (χ3v) is 7.31. The Kier molecular flexibility index (Phi) is 4.25. The van der Waals surface area contributed by atoms with Gasteiger partial charge in [-0.2, -0.15) is 0 Å². The van der Waals surface area contributed by atoms with Crippen LogP contribution < -0.4 is 20.1 Å². The summed E-state index contributed by atoms with van der Waals surface area (Å²) < 4.78 is 11.7. The molecule has 0 radical (unpaired) electrons. The predicted molar refractivity (Wildman–Crippen MR) is 103 cm³/mol. The second-order valence-electron chi connectivity index (χ2n) is 8.88. The number of nitrogens with one attached hydrogen (secondary N) is 2. The second-order valence-corrected chi connectivity index (χ2v) is 8.88. The molecule has 6 nitrogen and oxygen atoms in total. The highest BCUT2D eigenvalue weighted by Gasteiger charge is 2.57. The van der Waals surface area contributed by atoms with Crippen molar-refractivity contribution in [2.45, 2.75) is 63.1 Å². The van der Waals surface area contributed by atoms with Crippen molar-refractivity contribution >= 4 is 11.8 Å². The number of ether oxygens (including phenoxy) is 2. The van der Waals surface area contributed by atoms with E-state index in [1.165, 1.54) is 12.8 Å². The molecule has 4 atom stereocenters. The van der Waals surface area contributed by atoms with Crippen LogP contribution in [0, 0.1) is 17.8 Å². The Bertz CT molecular complexity index is 804. The molecule has 1 aromatic rings. The molecule has 4 aliphatic carbocycles. The molecule has 6 heteroatoms. The van der Waals surface area contributed by atoms with E-state index in [2.05, 4.69) is 10.6 Å². The topological polar surface area (TPSA) is 76.7 Å². The van der Waals surface area contributed by atoms with Crippen molar-refractivity contribution < 1.29 is 19.1 Å². The molecule has 1 aliphatic heterocycles. The Labute approximate surface area is 165 Å². The molecule has 28 heavy (non-hydrogen) atoms. The monoisotopic (exact) mass is 384 g/mol. The van der Waals surface area contributed by atoms with Crippen molar-refractivity contribution in [3.8, 4) is 11.5 Å². The first-order chi connectivity index (χ1) is 13.6. The summed E-state index contributed by atoms with van der Waals surface area (Å²) in [5.41, 5.74) is -0.146. The number of hydrogen-bond acceptors (Lipinski definition) is 4. The van der Waals surface area contributed by atoms with Crippen LogP contribution in [-0.4, -0.2) is 30.7 Å². The zero-order chi connectivity index (χ0) is 19.3. The van der Waals surface area contributed by atoms with Gasteiger partial charge in [0.05, 0.1) is 12.7 Å². The summed E-state index contributed by atoms with van der Waals surface area (Å²) in [5.74, 6) is 1.82. The van der Waals surface area contributed by atoms with Crippen molar-refractivity contribution in [3.63, 3.8) is 0 Å². The smallest absolute Gasteiger partial charge is 0.258 e. The molecule has 2 bridgehead atoms. The van der Waals surface area contributed by atoms with E-state index in [9.17, 15) is 9.59 Å². The second kappa shape index (κ2) is 6.68. The summed E-state index contributed by atoms with van der Waals surface area (Å²) in [5, 5.41) is 6.44. The van der Waals surface area contributed by atoms with Crippen LogP contribution in [0.25, 0.3) is 0 Å². The van der Waals surface area contributed by atoms with E-state index >= 15 is 0 Å². The van der Waals surface area contributed by atoms with E-state index in [0.29, 0.717) is 29.5 Å². The fourth-order valence-electron chi connectivity index (χ4n) is 5.82. The first kappa shape index (κ1) is 17.8. The van der Waals surface area contributed by atoms with E-state index in [4.69, 9.17) is 9.47 Å². The van der Waals surface area contributed by atoms with Crippen LogP contribution in [0.3, 0.4) is 0 Å². The van der Waals surface area contributed by atoms with E-state index in [0.717, 1.165) is 32.1 Å². The van der Waals surface area contributed by atoms with Crippen molar-refractivity contribution in [1.82, 2.24) is 10.6 Å². The Morgan fingerprint density at radius 2 is 2.07 bits per heavy atom. The summed E-state index contributed by atoms with van der Waals surface area (Å²) in [6.07, 6.45) is 8.13. The zero-order valence-corrected chi connectivity index (χ0v) is 16.3. The highest BCUT2D eigenvalue weighted by Crippen LogP contribution is 2.52. The van der Waals surface area contributed by atoms with Gasteiger partial charge in [-0.15, -0.1) is 0 Å². The van der Waals surface area contributed by atoms with Crippen molar-refractivity contribution in [2.75, 3.05) is 7.11 Å². The fraction of sp³-hybridized carbons (Fsp3) is 0.636. The quantitative estimate of drug-likeness (QED) is 0.840. The molecule has 1 heterocycles. The Morgan fingerprint density at radius 1 is 1.25 bits per heavy atom. The van der Waals surface area contributed by atoms with Gasteiger partial charge >= 0.3 is 0 Å². The molecule has 0 saturated heterocycles. The molecule has 0 unspecified atom stereocenters. The maximum Gasteiger partial charge on any atom is 0.258 e. The normalized spacial score (nSPS) is 33.9. The Balaban J connectivity index is 1.35. The van der Waals surface area contributed by atoms with E-state index < -0.39 is 5.72 Å². The minimum Gasteiger partial charge on any atom is -0.497 e. The molecule has 2 N–H and O–H groups in total. The lowest BCUT2D eigenvalue weighted by molar-refractivity contribution is -0.147. The fourth-order valence-corrected chi connectivity index (χ4v) is 5.82. The summed E-state index contributed by atoms with van der Waals surface area (Å²) in [6, 6.07) is 5.67. The van der Waals surface area contributed by atoms with Gasteiger partial charge in [-0.3, -0.25) is 9.59 Å². The average molecular weight is 384 g/mol. The van der Waals surface area contributed by atoms with Gasteiger partial charge in [0.1, 0.15) is 11.5 Å². The lowest BCUT2D eigenvalue weighted by atomic mass is 9.60. The number of fused-ring (bicyclic) bond motifs is 3. The van der Waals surface area contributed by atoms with Gasteiger partial charge in [-0.05, 0) is 50.2 Å². The number of carbonyl (C=O) groups excluding carboxylic acids is 2. The van der Waals surface area contributed by atoms with Crippen molar-refractivity contribution in [2.24, 2.45) is 17.8 Å². The minimum atomic E-state index is -0.691. The SMILES string of the molecule is COc1ccc2c(c1)O[C@@]1(C[C@@H]3CC[C@@H]1C[C@@H]3C(=O)NC1CCCC1)NC2=O. The number of methoxy groups -OCH3 is 1. The van der Waals surface area contributed by atoms with Gasteiger partial charge in [0.15, 0.2) is 5.72 Å². The Morgan fingerprint density at radius 3 is 2.79 bits per heavy atom. The minimum absolute atomic E-state index is 0.0391. The highest BCUT2D eigenvalue weighted by atomic mass is 16.5. The molecule has 6 rings (SSSR count). The average Bonchev–Trinajstić information content (AvgIpc) is 3.20. The van der Waals surface area contributed by atoms with Crippen molar-refractivity contribution in [1.29, 1.82) is 0 Å². The first-order valence-corrected chi connectivity index (χ1v) is 10.6. The molecule has 5 aliphatic rings. The van der Waals surface area contributed by atoms with Gasteiger partial charge in [0, 0.05) is 30.4 Å². The number of hydrogen-bond donors (Lipinski definition) is 2. The number of carbonyl (C=O) groups is 2. The molecule has 4 fully saturated rings. The first-order valence-electron chi connectivity index (χ1n) is 10.6. The third-order valence-electron chi connectivity index (χ3n) is 7.31. The number of amides is 2. The van der Waals surface area contributed by atoms with Gasteiger partial charge < -0.3 is 20.1 Å². The molecule has 2 amide bonds. The van der Waals surface area contributed by atoms with E-state index in [-0.39, 0.29) is 29.6 Å². The van der Waals surface area contributed by atoms with Crippen LogP contribution in [0.4, 0.5) is 0 Å². The summed E-state index contributed by atoms with van der Waals surface area (Å²) >= 11 is 0. The zero-order valence-electron chi connectivity index (χ0n) is 16.3. The van der Waals surface area contributed by atoms with E-state index in [1.807, 2.05) is 0 Å². The lowest BCUT2D eigenvalue weighted by Crippen LogP contribution is -2.67. The molecule has 0 aromatic heterocycles. The predicted octanol–water partition coefficient (Wildman–Crippen LogP) is 3.01. The maximum atomic E-state index is 12.9. The van der Waals surface area contributed by atoms with Crippen LogP contribution >= 0.6 is 0 Å².